The molecule has 8 heteroatoms. The van der Waals surface area contributed by atoms with E-state index >= 15 is 0 Å². The van der Waals surface area contributed by atoms with Crippen molar-refractivity contribution < 1.29 is 36.7 Å². The van der Waals surface area contributed by atoms with Crippen LogP contribution in [-0.2, 0) is 19.5 Å². The van der Waals surface area contributed by atoms with Gasteiger partial charge in [-0.15, -0.1) is 0 Å². The van der Waals surface area contributed by atoms with Gasteiger partial charge in [0.2, 0.25) is 0 Å². The average molecular weight is 620 g/mol. The van der Waals surface area contributed by atoms with Gasteiger partial charge in [0.15, 0.2) is 0 Å². The molecule has 36 heavy (non-hydrogen) atoms. The van der Waals surface area contributed by atoms with Crippen LogP contribution in [0.2, 0.25) is 0 Å². The number of hydrogen-bond donors (Lipinski definition) is 0. The average Bonchev–Trinajstić information content (AvgIpc) is 2.86. The minimum Gasteiger partial charge on any atom is -0.418 e. The van der Waals surface area contributed by atoms with Crippen molar-refractivity contribution in [3.63, 3.8) is 0 Å². The molecule has 1 radical (unpaired) electrons. The molecule has 0 bridgehead atoms. The van der Waals surface area contributed by atoms with Crippen LogP contribution >= 0.6 is 17.2 Å². The zero-order valence-corrected chi connectivity index (χ0v) is 24.0. The van der Waals surface area contributed by atoms with Crippen molar-refractivity contribution in [2.24, 2.45) is 0 Å². The van der Waals surface area contributed by atoms with Gasteiger partial charge in [-0.05, 0) is 21.2 Å². The van der Waals surface area contributed by atoms with Gasteiger partial charge in [-0.3, -0.25) is 0 Å². The minimum atomic E-state index is -6.00. The molecule has 0 nitrogen and oxygen atoms in total. The van der Waals surface area contributed by atoms with Gasteiger partial charge >= 0.3 is 7.25 Å². The Kier molecular flexibility index (Phi) is 20.2. The molecule has 195 valence electrons. The van der Waals surface area contributed by atoms with Crippen molar-refractivity contribution >= 4 is 45.6 Å². The maximum Gasteiger partial charge on any atom is 0.673 e. The first-order valence-electron chi connectivity index (χ1n) is 11.4. The number of unbranched alkanes of at least 4 members (excludes halogenated alkanes) is 1. The molecule has 0 aliphatic heterocycles. The Morgan fingerprint density at radius 1 is 0.444 bits per heavy atom. The summed E-state index contributed by atoms with van der Waals surface area (Å²) in [5.41, 5.74) is 0. The zero-order chi connectivity index (χ0) is 25.8. The monoisotopic (exact) mass is 620 g/mol. The van der Waals surface area contributed by atoms with Crippen LogP contribution in [-0.4, -0.2) is 7.25 Å². The molecule has 4 aromatic rings. The summed E-state index contributed by atoms with van der Waals surface area (Å²) >= 11 is 0. The number of benzene rings is 4. The van der Waals surface area contributed by atoms with Gasteiger partial charge in [0.05, 0.1) is 0 Å². The van der Waals surface area contributed by atoms with Crippen molar-refractivity contribution in [1.29, 1.82) is 0 Å². The van der Waals surface area contributed by atoms with Gasteiger partial charge in [-0.2, -0.15) is 0 Å². The summed E-state index contributed by atoms with van der Waals surface area (Å²) in [6, 6.07) is 42.3. The smallest absolute Gasteiger partial charge is 0.418 e. The second kappa shape index (κ2) is 21.3. The molecule has 0 saturated carbocycles. The zero-order valence-electron chi connectivity index (χ0n) is 20.4. The fourth-order valence-electron chi connectivity index (χ4n) is 2.42. The molecule has 0 saturated heterocycles. The Balaban J connectivity index is 0.000000504. The molecule has 4 aromatic carbocycles. The van der Waals surface area contributed by atoms with E-state index in [1.54, 1.807) is 0 Å². The van der Waals surface area contributed by atoms with Gasteiger partial charge in [0.1, 0.15) is 0 Å². The predicted octanol–water partition coefficient (Wildman–Crippen LogP) is 7.74. The fourth-order valence-corrected chi connectivity index (χ4v) is 4.52. The van der Waals surface area contributed by atoms with Gasteiger partial charge in [0.25, 0.3) is 0 Å². The molecule has 0 atom stereocenters. The standard InChI is InChI=1S/2C12H11P.C4H10.BF4.Rh/c2*1-3-7-11(8-4-1)13-12-9-5-2-6-10-12;1-3-4-2;2-1(3,4)5;/h2*1-10,13H;3-4H2,1-2H3;;/q;;;-1;. The van der Waals surface area contributed by atoms with Crippen LogP contribution in [0.4, 0.5) is 17.3 Å². The molecule has 0 spiro atoms. The quantitative estimate of drug-likeness (QED) is 0.122. The third kappa shape index (κ3) is 20.4. The van der Waals surface area contributed by atoms with Crippen LogP contribution in [0.3, 0.4) is 0 Å². The number of halogens is 4. The van der Waals surface area contributed by atoms with Crippen LogP contribution in [0.25, 0.3) is 0 Å². The first kappa shape index (κ1) is 34.1. The van der Waals surface area contributed by atoms with E-state index in [1.807, 2.05) is 0 Å². The van der Waals surface area contributed by atoms with Gasteiger partial charge in [-0.1, -0.05) is 165 Å². The number of rotatable bonds is 5. The van der Waals surface area contributed by atoms with E-state index in [1.165, 1.54) is 34.1 Å². The van der Waals surface area contributed by atoms with Crippen molar-refractivity contribution in [3.05, 3.63) is 121 Å². The molecule has 0 fully saturated rings. The third-order valence-electron chi connectivity index (χ3n) is 4.17. The molecule has 0 unspecified atom stereocenters. The van der Waals surface area contributed by atoms with Crippen LogP contribution in [0, 0.1) is 0 Å². The summed E-state index contributed by atoms with van der Waals surface area (Å²) < 4.78 is 39.0. The van der Waals surface area contributed by atoms with Crippen LogP contribution in [0.1, 0.15) is 26.7 Å². The summed E-state index contributed by atoms with van der Waals surface area (Å²) in [6.45, 7) is 4.36. The Morgan fingerprint density at radius 2 is 0.611 bits per heavy atom. The largest absolute Gasteiger partial charge is 0.673 e. The molecule has 0 aromatic heterocycles. The van der Waals surface area contributed by atoms with Crippen LogP contribution in [0.5, 0.6) is 0 Å². The predicted molar refractivity (Wildman–Crippen MR) is 152 cm³/mol. The van der Waals surface area contributed by atoms with Crippen molar-refractivity contribution in [2.45, 2.75) is 26.7 Å². The Bertz CT molecular complexity index is 847. The topological polar surface area (TPSA) is 0 Å². The second-order valence-corrected chi connectivity index (χ2v) is 10.0. The van der Waals surface area contributed by atoms with E-state index in [2.05, 4.69) is 135 Å². The molecule has 0 aliphatic rings. The van der Waals surface area contributed by atoms with E-state index < -0.39 is 7.25 Å². The van der Waals surface area contributed by atoms with Gasteiger partial charge < -0.3 is 17.3 Å². The maximum atomic E-state index is 9.75. The molecule has 0 amide bonds. The van der Waals surface area contributed by atoms with Crippen molar-refractivity contribution in [2.75, 3.05) is 0 Å². The molecule has 0 N–H and O–H groups in total. The van der Waals surface area contributed by atoms with Crippen molar-refractivity contribution in [3.8, 4) is 0 Å². The fraction of sp³-hybridized carbons (Fsp3) is 0.143. The van der Waals surface area contributed by atoms with E-state index in [4.69, 9.17) is 0 Å². The van der Waals surface area contributed by atoms with E-state index in [0.29, 0.717) is 0 Å². The summed E-state index contributed by atoms with van der Waals surface area (Å²) in [6.07, 6.45) is 2.64. The molecule has 0 aliphatic carbocycles. The Hall–Kier alpha value is -1.85. The Morgan fingerprint density at radius 3 is 0.750 bits per heavy atom. The SMILES string of the molecule is CCCC.F[B-](F)(F)F.[Rh].c1ccc(Pc2ccccc2)cc1.c1ccc(Pc2ccccc2)cc1. The summed E-state index contributed by atoms with van der Waals surface area (Å²) in [7, 11) is -4.45. The normalized spacial score (nSPS) is 9.61. The molecular weight excluding hydrogens is 588 g/mol. The molecule has 4 rings (SSSR count). The van der Waals surface area contributed by atoms with Crippen LogP contribution in [0.15, 0.2) is 121 Å². The molecular formula is C28H32BF4P2Rh-. The molecule has 0 heterocycles. The van der Waals surface area contributed by atoms with E-state index in [0.717, 1.165) is 17.2 Å². The summed E-state index contributed by atoms with van der Waals surface area (Å²) in [5.74, 6) is 0. The maximum absolute atomic E-state index is 9.75. The van der Waals surface area contributed by atoms with Crippen molar-refractivity contribution in [1.82, 2.24) is 0 Å². The van der Waals surface area contributed by atoms with Crippen LogP contribution < -0.4 is 21.2 Å². The first-order valence-corrected chi connectivity index (χ1v) is 13.4. The summed E-state index contributed by atoms with van der Waals surface area (Å²) in [5, 5.41) is 5.59. The summed E-state index contributed by atoms with van der Waals surface area (Å²) in [4.78, 5) is 0. The third-order valence-corrected chi connectivity index (χ3v) is 6.66. The van der Waals surface area contributed by atoms with Gasteiger partial charge in [0, 0.05) is 19.5 Å². The van der Waals surface area contributed by atoms with Gasteiger partial charge in [-0.25, -0.2) is 0 Å². The minimum absolute atomic E-state index is 0. The second-order valence-electron chi connectivity index (χ2n) is 7.21. The number of hydrogen-bond acceptors (Lipinski definition) is 0. The Labute approximate surface area is 229 Å². The first-order chi connectivity index (χ1) is 16.8. The van der Waals surface area contributed by atoms with E-state index in [-0.39, 0.29) is 19.5 Å². The van der Waals surface area contributed by atoms with E-state index in [9.17, 15) is 17.3 Å².